The van der Waals surface area contributed by atoms with Crippen molar-refractivity contribution in [2.45, 2.75) is 6.04 Å². The molecule has 0 fully saturated rings. The number of aliphatic hydroxyl groups is 1. The van der Waals surface area contributed by atoms with E-state index in [4.69, 9.17) is 0 Å². The van der Waals surface area contributed by atoms with E-state index in [0.29, 0.717) is 11.5 Å². The van der Waals surface area contributed by atoms with Crippen LogP contribution in [0.15, 0.2) is 47.3 Å². The van der Waals surface area contributed by atoms with E-state index >= 15 is 0 Å². The van der Waals surface area contributed by atoms with Crippen LogP contribution in [0.3, 0.4) is 0 Å². The lowest BCUT2D eigenvalue weighted by Gasteiger charge is -2.16. The molecule has 0 saturated carbocycles. The van der Waals surface area contributed by atoms with Crippen LogP contribution in [0.5, 0.6) is 0 Å². The quantitative estimate of drug-likeness (QED) is 0.644. The van der Waals surface area contributed by atoms with Crippen molar-refractivity contribution in [2.75, 3.05) is 11.9 Å². The highest BCUT2D eigenvalue weighted by atomic mass is 16.3. The zero-order chi connectivity index (χ0) is 13.9. The van der Waals surface area contributed by atoms with Crippen LogP contribution < -0.4 is 11.0 Å². The van der Waals surface area contributed by atoms with E-state index in [1.807, 2.05) is 30.3 Å². The largest absolute Gasteiger partial charge is 0.394 e. The van der Waals surface area contributed by atoms with Crippen molar-refractivity contribution >= 4 is 11.5 Å². The molecule has 1 aromatic carbocycles. The average molecular weight is 271 g/mol. The van der Waals surface area contributed by atoms with Crippen LogP contribution in [-0.4, -0.2) is 31.5 Å². The minimum atomic E-state index is -0.399. The minimum Gasteiger partial charge on any atom is -0.394 e. The van der Waals surface area contributed by atoms with Crippen molar-refractivity contribution in [1.82, 2.24) is 19.8 Å². The molecule has 7 nitrogen and oxygen atoms in total. The van der Waals surface area contributed by atoms with Crippen molar-refractivity contribution in [3.63, 3.8) is 0 Å². The number of aromatic amines is 1. The molecule has 0 aliphatic rings. The molecule has 0 bridgehead atoms. The Morgan fingerprint density at radius 3 is 2.80 bits per heavy atom. The van der Waals surface area contributed by atoms with Gasteiger partial charge in [-0.1, -0.05) is 30.3 Å². The maximum Gasteiger partial charge on any atom is 0.364 e. The lowest BCUT2D eigenvalue weighted by atomic mass is 10.1. The highest BCUT2D eigenvalue weighted by molar-refractivity contribution is 5.44. The fraction of sp³-hybridized carbons (Fsp3) is 0.154. The van der Waals surface area contributed by atoms with E-state index in [1.54, 1.807) is 12.1 Å². The number of rotatable bonds is 4. The summed E-state index contributed by atoms with van der Waals surface area (Å²) in [4.78, 5) is 11.5. The summed E-state index contributed by atoms with van der Waals surface area (Å²) in [6.07, 6.45) is 0. The van der Waals surface area contributed by atoms with Gasteiger partial charge in [0.25, 0.3) is 0 Å². The number of hydrogen-bond acceptors (Lipinski definition) is 5. The van der Waals surface area contributed by atoms with Gasteiger partial charge in [0, 0.05) is 0 Å². The van der Waals surface area contributed by atoms with Crippen molar-refractivity contribution in [2.24, 2.45) is 0 Å². The van der Waals surface area contributed by atoms with Crippen LogP contribution in [0.1, 0.15) is 11.6 Å². The van der Waals surface area contributed by atoms with Crippen LogP contribution in [0, 0.1) is 0 Å². The smallest absolute Gasteiger partial charge is 0.364 e. The first-order valence-electron chi connectivity index (χ1n) is 6.15. The number of aliphatic hydroxyl groups excluding tert-OH is 1. The first kappa shape index (κ1) is 12.4. The third-order valence-corrected chi connectivity index (χ3v) is 2.98. The Morgan fingerprint density at radius 2 is 2.05 bits per heavy atom. The van der Waals surface area contributed by atoms with Crippen LogP contribution in [-0.2, 0) is 0 Å². The van der Waals surface area contributed by atoms with Crippen LogP contribution in [0.25, 0.3) is 5.65 Å². The first-order chi connectivity index (χ1) is 9.78. The van der Waals surface area contributed by atoms with Crippen LogP contribution in [0.4, 0.5) is 5.82 Å². The van der Waals surface area contributed by atoms with Gasteiger partial charge in [0.2, 0.25) is 0 Å². The summed E-state index contributed by atoms with van der Waals surface area (Å²) in [7, 11) is 0. The van der Waals surface area contributed by atoms with Crippen molar-refractivity contribution in [3.8, 4) is 0 Å². The highest BCUT2D eigenvalue weighted by Gasteiger charge is 2.11. The van der Waals surface area contributed by atoms with E-state index < -0.39 is 5.69 Å². The standard InChI is InChI=1S/C13H13N5O2/c19-8-10(9-4-2-1-3-5-9)14-11-6-7-12-15-16-13(20)18(12)17-11/h1-7,10,19H,8H2,(H,14,17)(H,16,20). The van der Waals surface area contributed by atoms with E-state index in [2.05, 4.69) is 20.6 Å². The molecular formula is C13H13N5O2. The molecule has 102 valence electrons. The van der Waals surface area contributed by atoms with Gasteiger partial charge in [-0.3, -0.25) is 0 Å². The molecule has 3 rings (SSSR count). The normalized spacial score (nSPS) is 12.4. The van der Waals surface area contributed by atoms with Gasteiger partial charge in [0.15, 0.2) is 5.65 Å². The summed E-state index contributed by atoms with van der Waals surface area (Å²) in [5.41, 5.74) is 0.987. The van der Waals surface area contributed by atoms with Gasteiger partial charge in [-0.15, -0.1) is 5.10 Å². The third-order valence-electron chi connectivity index (χ3n) is 2.98. The number of hydrogen-bond donors (Lipinski definition) is 3. The zero-order valence-corrected chi connectivity index (χ0v) is 10.5. The zero-order valence-electron chi connectivity index (χ0n) is 10.5. The molecule has 0 aliphatic heterocycles. The molecular weight excluding hydrogens is 258 g/mol. The molecule has 0 spiro atoms. The Bertz CT molecular complexity index is 765. The van der Waals surface area contributed by atoms with Crippen molar-refractivity contribution in [1.29, 1.82) is 0 Å². The summed E-state index contributed by atoms with van der Waals surface area (Å²) >= 11 is 0. The van der Waals surface area contributed by atoms with Crippen molar-refractivity contribution < 1.29 is 5.11 Å². The molecule has 3 aromatic rings. The molecule has 2 heterocycles. The fourth-order valence-corrected chi connectivity index (χ4v) is 1.98. The minimum absolute atomic E-state index is 0.0793. The van der Waals surface area contributed by atoms with Gasteiger partial charge in [0.05, 0.1) is 12.6 Å². The van der Waals surface area contributed by atoms with E-state index in [1.165, 1.54) is 4.52 Å². The number of nitrogens with zero attached hydrogens (tertiary/aromatic N) is 3. The second-order valence-corrected chi connectivity index (χ2v) is 4.31. The Morgan fingerprint density at radius 1 is 1.25 bits per heavy atom. The molecule has 0 amide bonds. The summed E-state index contributed by atoms with van der Waals surface area (Å²) in [5, 5.41) is 22.8. The van der Waals surface area contributed by atoms with E-state index in [0.717, 1.165) is 5.56 Å². The third kappa shape index (κ3) is 2.26. The summed E-state index contributed by atoms with van der Waals surface area (Å²) < 4.78 is 1.17. The second-order valence-electron chi connectivity index (χ2n) is 4.31. The number of nitrogens with one attached hydrogen (secondary N) is 2. The number of aromatic nitrogens is 4. The summed E-state index contributed by atoms with van der Waals surface area (Å²) in [5.74, 6) is 0.490. The maximum absolute atomic E-state index is 11.5. The molecule has 0 aliphatic carbocycles. The monoisotopic (exact) mass is 271 g/mol. The Balaban J connectivity index is 1.91. The van der Waals surface area contributed by atoms with Gasteiger partial charge in [-0.05, 0) is 17.7 Å². The summed E-state index contributed by atoms with van der Waals surface area (Å²) in [6.45, 7) is -0.0793. The van der Waals surface area contributed by atoms with E-state index in [9.17, 15) is 9.90 Å². The van der Waals surface area contributed by atoms with Crippen molar-refractivity contribution in [3.05, 3.63) is 58.5 Å². The molecule has 3 N–H and O–H groups in total. The number of anilines is 1. The van der Waals surface area contributed by atoms with Gasteiger partial charge in [0.1, 0.15) is 5.82 Å². The molecule has 2 aromatic heterocycles. The SMILES string of the molecule is O=c1[nH]nc2ccc(NC(CO)c3ccccc3)nn12. The average Bonchev–Trinajstić information content (AvgIpc) is 2.87. The predicted octanol–water partition coefficient (Wildman–Crippen LogP) is 0.563. The highest BCUT2D eigenvalue weighted by Crippen LogP contribution is 2.17. The van der Waals surface area contributed by atoms with Gasteiger partial charge in [-0.25, -0.2) is 9.89 Å². The fourth-order valence-electron chi connectivity index (χ4n) is 1.98. The second kappa shape index (κ2) is 5.14. The molecule has 0 radical (unpaired) electrons. The number of H-pyrrole nitrogens is 1. The van der Waals surface area contributed by atoms with Gasteiger partial charge < -0.3 is 10.4 Å². The van der Waals surface area contributed by atoms with Crippen LogP contribution in [0.2, 0.25) is 0 Å². The Kier molecular flexibility index (Phi) is 3.18. The molecule has 0 saturated heterocycles. The molecule has 1 atom stereocenters. The maximum atomic E-state index is 11.5. The molecule has 20 heavy (non-hydrogen) atoms. The lowest BCUT2D eigenvalue weighted by molar-refractivity contribution is 0.276. The molecule has 7 heteroatoms. The summed E-state index contributed by atoms with van der Waals surface area (Å²) in [6, 6.07) is 12.6. The number of fused-ring (bicyclic) bond motifs is 1. The topological polar surface area (TPSA) is 95.3 Å². The Labute approximate surface area is 113 Å². The first-order valence-corrected chi connectivity index (χ1v) is 6.15. The van der Waals surface area contributed by atoms with E-state index in [-0.39, 0.29) is 12.6 Å². The van der Waals surface area contributed by atoms with Gasteiger partial charge in [-0.2, -0.15) is 9.61 Å². The lowest BCUT2D eigenvalue weighted by Crippen LogP contribution is -2.18. The Hall–Kier alpha value is -2.67. The van der Waals surface area contributed by atoms with Gasteiger partial charge >= 0.3 is 5.69 Å². The van der Waals surface area contributed by atoms with Crippen LogP contribution >= 0.6 is 0 Å². The predicted molar refractivity (Wildman–Crippen MR) is 73.5 cm³/mol. The number of benzene rings is 1. The molecule has 1 unspecified atom stereocenters.